The van der Waals surface area contributed by atoms with E-state index in [-0.39, 0.29) is 11.8 Å². The molecule has 0 bridgehead atoms. The summed E-state index contributed by atoms with van der Waals surface area (Å²) in [5, 5.41) is 5.53. The zero-order valence-electron chi connectivity index (χ0n) is 13.9. The SMILES string of the molecule is CC(=O)NC(C)C(=O)Nc1ccccc1N1CCc2ccccc21. The van der Waals surface area contributed by atoms with Gasteiger partial charge in [0.1, 0.15) is 6.04 Å². The lowest BCUT2D eigenvalue weighted by atomic mass is 10.1. The maximum absolute atomic E-state index is 12.3. The molecule has 0 aliphatic carbocycles. The standard InChI is InChI=1S/C19H21N3O2/c1-13(20-14(2)23)19(24)21-16-8-4-6-10-18(16)22-12-11-15-7-3-5-9-17(15)22/h3-10,13H,11-12H2,1-2H3,(H,20,23)(H,21,24). The topological polar surface area (TPSA) is 61.4 Å². The van der Waals surface area contributed by atoms with Gasteiger partial charge in [-0.25, -0.2) is 0 Å². The molecule has 2 amide bonds. The first kappa shape index (κ1) is 16.1. The number of benzene rings is 2. The number of amides is 2. The van der Waals surface area contributed by atoms with Gasteiger partial charge in [0.25, 0.3) is 0 Å². The van der Waals surface area contributed by atoms with Crippen LogP contribution in [-0.4, -0.2) is 24.4 Å². The molecular weight excluding hydrogens is 302 g/mol. The van der Waals surface area contributed by atoms with Gasteiger partial charge in [-0.2, -0.15) is 0 Å². The van der Waals surface area contributed by atoms with Crippen molar-refractivity contribution < 1.29 is 9.59 Å². The summed E-state index contributed by atoms with van der Waals surface area (Å²) < 4.78 is 0. The highest BCUT2D eigenvalue weighted by Gasteiger charge is 2.23. The first-order valence-electron chi connectivity index (χ1n) is 8.08. The summed E-state index contributed by atoms with van der Waals surface area (Å²) in [6, 6.07) is 15.5. The molecule has 2 aromatic rings. The van der Waals surface area contributed by atoms with E-state index >= 15 is 0 Å². The van der Waals surface area contributed by atoms with E-state index in [0.29, 0.717) is 0 Å². The highest BCUT2D eigenvalue weighted by molar-refractivity contribution is 5.99. The third-order valence-electron chi connectivity index (χ3n) is 4.15. The Kier molecular flexibility index (Phi) is 4.51. The molecular formula is C19H21N3O2. The number of hydrogen-bond acceptors (Lipinski definition) is 3. The molecule has 2 aromatic carbocycles. The molecule has 24 heavy (non-hydrogen) atoms. The summed E-state index contributed by atoms with van der Waals surface area (Å²) in [4.78, 5) is 25.7. The van der Waals surface area contributed by atoms with E-state index in [0.717, 1.165) is 24.3 Å². The van der Waals surface area contributed by atoms with Crippen LogP contribution in [0.2, 0.25) is 0 Å². The molecule has 5 nitrogen and oxygen atoms in total. The molecule has 0 saturated carbocycles. The van der Waals surface area contributed by atoms with Gasteiger partial charge in [-0.3, -0.25) is 9.59 Å². The summed E-state index contributed by atoms with van der Waals surface area (Å²) in [6.45, 7) is 3.96. The van der Waals surface area contributed by atoms with E-state index in [1.165, 1.54) is 18.2 Å². The lowest BCUT2D eigenvalue weighted by Gasteiger charge is -2.23. The van der Waals surface area contributed by atoms with Gasteiger partial charge in [0.15, 0.2) is 0 Å². The van der Waals surface area contributed by atoms with Crippen LogP contribution in [0.3, 0.4) is 0 Å². The Balaban J connectivity index is 1.85. The summed E-state index contributed by atoms with van der Waals surface area (Å²) in [5.74, 6) is -0.454. The number of hydrogen-bond donors (Lipinski definition) is 2. The Hall–Kier alpha value is -2.82. The van der Waals surface area contributed by atoms with Crippen molar-refractivity contribution in [2.45, 2.75) is 26.3 Å². The predicted octanol–water partition coefficient (Wildman–Crippen LogP) is 2.84. The minimum absolute atomic E-state index is 0.223. The number of anilines is 3. The van der Waals surface area contributed by atoms with E-state index in [1.807, 2.05) is 36.4 Å². The number of fused-ring (bicyclic) bond motifs is 1. The molecule has 0 fully saturated rings. The summed E-state index contributed by atoms with van der Waals surface area (Å²) in [5.41, 5.74) is 4.20. The smallest absolute Gasteiger partial charge is 0.246 e. The van der Waals surface area contributed by atoms with Gasteiger partial charge in [0.05, 0.1) is 11.4 Å². The quantitative estimate of drug-likeness (QED) is 0.909. The minimum atomic E-state index is -0.582. The number of carbonyl (C=O) groups excluding carboxylic acids is 2. The zero-order valence-corrected chi connectivity index (χ0v) is 13.9. The van der Waals surface area contributed by atoms with Crippen LogP contribution in [0.1, 0.15) is 19.4 Å². The van der Waals surface area contributed by atoms with E-state index in [2.05, 4.69) is 27.7 Å². The van der Waals surface area contributed by atoms with E-state index in [9.17, 15) is 9.59 Å². The molecule has 3 rings (SSSR count). The van der Waals surface area contributed by atoms with Gasteiger partial charge in [0, 0.05) is 19.2 Å². The van der Waals surface area contributed by atoms with Crippen LogP contribution in [-0.2, 0) is 16.0 Å². The zero-order chi connectivity index (χ0) is 17.1. The number of carbonyl (C=O) groups is 2. The minimum Gasteiger partial charge on any atom is -0.345 e. The predicted molar refractivity (Wildman–Crippen MR) is 95.5 cm³/mol. The number of nitrogens with zero attached hydrogens (tertiary/aromatic N) is 1. The van der Waals surface area contributed by atoms with Crippen molar-refractivity contribution in [2.24, 2.45) is 0 Å². The van der Waals surface area contributed by atoms with Crippen LogP contribution in [0.4, 0.5) is 17.1 Å². The largest absolute Gasteiger partial charge is 0.345 e. The fraction of sp³-hybridized carbons (Fsp3) is 0.263. The lowest BCUT2D eigenvalue weighted by Crippen LogP contribution is -2.40. The van der Waals surface area contributed by atoms with Crippen molar-refractivity contribution >= 4 is 28.9 Å². The van der Waals surface area contributed by atoms with Crippen LogP contribution in [0.25, 0.3) is 0 Å². The third-order valence-corrected chi connectivity index (χ3v) is 4.15. The van der Waals surface area contributed by atoms with Gasteiger partial charge in [-0.1, -0.05) is 30.3 Å². The van der Waals surface area contributed by atoms with Gasteiger partial charge >= 0.3 is 0 Å². The fourth-order valence-electron chi connectivity index (χ4n) is 3.01. The van der Waals surface area contributed by atoms with Crippen LogP contribution >= 0.6 is 0 Å². The average Bonchev–Trinajstić information content (AvgIpc) is 2.98. The van der Waals surface area contributed by atoms with Crippen LogP contribution < -0.4 is 15.5 Å². The molecule has 124 valence electrons. The fourth-order valence-corrected chi connectivity index (χ4v) is 3.01. The molecule has 1 aliphatic rings. The lowest BCUT2D eigenvalue weighted by molar-refractivity contribution is -0.124. The van der Waals surface area contributed by atoms with Crippen molar-refractivity contribution in [1.29, 1.82) is 0 Å². The molecule has 5 heteroatoms. The summed E-state index contributed by atoms with van der Waals surface area (Å²) in [6.07, 6.45) is 0.987. The maximum atomic E-state index is 12.3. The number of rotatable bonds is 4. The third kappa shape index (κ3) is 3.25. The Morgan fingerprint density at radius 3 is 2.46 bits per heavy atom. The molecule has 0 radical (unpaired) electrons. The second kappa shape index (κ2) is 6.74. The molecule has 0 aromatic heterocycles. The van der Waals surface area contributed by atoms with E-state index < -0.39 is 6.04 Å². The van der Waals surface area contributed by atoms with Crippen molar-refractivity contribution in [3.63, 3.8) is 0 Å². The Bertz CT molecular complexity index is 773. The van der Waals surface area contributed by atoms with Crippen molar-refractivity contribution in [1.82, 2.24) is 5.32 Å². The van der Waals surface area contributed by atoms with Crippen molar-refractivity contribution in [2.75, 3.05) is 16.8 Å². The Labute approximate surface area is 141 Å². The average molecular weight is 323 g/mol. The first-order chi connectivity index (χ1) is 11.6. The number of para-hydroxylation sites is 3. The Morgan fingerprint density at radius 2 is 1.71 bits per heavy atom. The monoisotopic (exact) mass is 323 g/mol. The van der Waals surface area contributed by atoms with Gasteiger partial charge < -0.3 is 15.5 Å². The molecule has 1 aliphatic heterocycles. The molecule has 2 N–H and O–H groups in total. The highest BCUT2D eigenvalue weighted by Crippen LogP contribution is 2.38. The summed E-state index contributed by atoms with van der Waals surface area (Å²) >= 11 is 0. The molecule has 1 atom stereocenters. The highest BCUT2D eigenvalue weighted by atomic mass is 16.2. The van der Waals surface area contributed by atoms with Gasteiger partial charge in [-0.15, -0.1) is 0 Å². The first-order valence-corrected chi connectivity index (χ1v) is 8.08. The van der Waals surface area contributed by atoms with Gasteiger partial charge in [0.2, 0.25) is 11.8 Å². The van der Waals surface area contributed by atoms with E-state index in [4.69, 9.17) is 0 Å². The van der Waals surface area contributed by atoms with Crippen LogP contribution in [0.5, 0.6) is 0 Å². The summed E-state index contributed by atoms with van der Waals surface area (Å²) in [7, 11) is 0. The number of nitrogens with one attached hydrogen (secondary N) is 2. The second-order valence-electron chi connectivity index (χ2n) is 5.96. The van der Waals surface area contributed by atoms with Crippen molar-refractivity contribution in [3.8, 4) is 0 Å². The maximum Gasteiger partial charge on any atom is 0.246 e. The van der Waals surface area contributed by atoms with Crippen molar-refractivity contribution in [3.05, 3.63) is 54.1 Å². The van der Waals surface area contributed by atoms with Gasteiger partial charge in [-0.05, 0) is 37.1 Å². The Morgan fingerprint density at radius 1 is 1.04 bits per heavy atom. The van der Waals surface area contributed by atoms with Crippen LogP contribution in [0, 0.1) is 0 Å². The molecule has 1 heterocycles. The second-order valence-corrected chi connectivity index (χ2v) is 5.96. The van der Waals surface area contributed by atoms with E-state index in [1.54, 1.807) is 6.92 Å². The molecule has 0 spiro atoms. The van der Waals surface area contributed by atoms with Crippen LogP contribution in [0.15, 0.2) is 48.5 Å². The molecule has 1 unspecified atom stereocenters. The normalized spacial score (nSPS) is 14.0. The molecule has 0 saturated heterocycles.